The summed E-state index contributed by atoms with van der Waals surface area (Å²) in [4.78, 5) is 47.0. The summed E-state index contributed by atoms with van der Waals surface area (Å²) in [6.07, 6.45) is 3.36. The molecule has 5 aliphatic rings. The lowest BCUT2D eigenvalue weighted by Crippen LogP contribution is -2.53. The van der Waals surface area contributed by atoms with E-state index in [9.17, 15) is 22.8 Å². The molecule has 284 valence electrons. The molecule has 1 unspecified atom stereocenters. The zero-order valence-electron chi connectivity index (χ0n) is 30.9. The minimum Gasteiger partial charge on any atom is -0.486 e. The van der Waals surface area contributed by atoms with Crippen LogP contribution in [0.5, 0.6) is 5.75 Å². The van der Waals surface area contributed by atoms with E-state index in [1.807, 2.05) is 13.8 Å². The summed E-state index contributed by atoms with van der Waals surface area (Å²) < 4.78 is 60.9. The van der Waals surface area contributed by atoms with Gasteiger partial charge in [0.1, 0.15) is 5.58 Å². The topological polar surface area (TPSA) is 139 Å². The van der Waals surface area contributed by atoms with Crippen LogP contribution in [0.2, 0.25) is 0 Å². The standard InChI is InChI=1S/C39H47FN4O8S/c1-21-14-31(43-13-12-42(4)25(18-43)20-50-5)22(2)34-32(21)27-8-11-44(19-30(27)38(47)52-34)37(46)28-6-7-29(36(45)41-53(48,49)39(3)9-10-39)35(33(28)40)51-26-16-23-15-24(23)17-26/h6-7,14,23-26H,8-13,15-20H2,1-5H3,(H,41,45)/t23-,24+,25-,26?/m1/s1. The van der Waals surface area contributed by atoms with Crippen molar-refractivity contribution in [1.82, 2.24) is 14.5 Å². The lowest BCUT2D eigenvalue weighted by atomic mass is 9.92. The number of nitrogens with one attached hydrogen (secondary N) is 1. The van der Waals surface area contributed by atoms with Gasteiger partial charge in [0.2, 0.25) is 10.0 Å². The fourth-order valence-electron chi connectivity index (χ4n) is 8.64. The Morgan fingerprint density at radius 1 is 1.06 bits per heavy atom. The van der Waals surface area contributed by atoms with Gasteiger partial charge in [-0.3, -0.25) is 14.5 Å². The number of likely N-dealkylation sites (N-methyl/N-ethyl adjacent to an activating group) is 1. The van der Waals surface area contributed by atoms with Gasteiger partial charge in [0, 0.05) is 49.9 Å². The lowest BCUT2D eigenvalue weighted by Gasteiger charge is -2.41. The maximum atomic E-state index is 16.5. The van der Waals surface area contributed by atoms with Crippen LogP contribution in [0, 0.1) is 31.5 Å². The number of ether oxygens (including phenoxy) is 2. The molecule has 8 rings (SSSR count). The predicted octanol–water partition coefficient (Wildman–Crippen LogP) is 4.30. The molecule has 1 saturated heterocycles. The molecule has 0 radical (unpaired) electrons. The van der Waals surface area contributed by atoms with Gasteiger partial charge in [0.15, 0.2) is 11.6 Å². The highest BCUT2D eigenvalue weighted by Crippen LogP contribution is 2.53. The maximum absolute atomic E-state index is 16.5. The molecule has 4 atom stereocenters. The summed E-state index contributed by atoms with van der Waals surface area (Å²) in [5.74, 6) is -2.12. The Hall–Kier alpha value is -4.01. The van der Waals surface area contributed by atoms with Crippen molar-refractivity contribution < 1.29 is 36.3 Å². The molecule has 1 aromatic heterocycles. The third-order valence-electron chi connectivity index (χ3n) is 12.4. The Morgan fingerprint density at radius 2 is 1.77 bits per heavy atom. The lowest BCUT2D eigenvalue weighted by molar-refractivity contribution is 0.0725. The number of fused-ring (bicyclic) bond motifs is 4. The van der Waals surface area contributed by atoms with Crippen LogP contribution in [-0.2, 0) is 27.7 Å². The number of hydrogen-bond acceptors (Lipinski definition) is 10. The van der Waals surface area contributed by atoms with E-state index in [4.69, 9.17) is 13.9 Å². The second-order valence-electron chi connectivity index (χ2n) is 16.1. The molecule has 3 saturated carbocycles. The number of carbonyl (C=O) groups is 2. The van der Waals surface area contributed by atoms with Gasteiger partial charge < -0.3 is 23.7 Å². The first-order chi connectivity index (χ1) is 25.2. The van der Waals surface area contributed by atoms with E-state index in [1.165, 1.54) is 17.0 Å². The number of hydrogen-bond donors (Lipinski definition) is 1. The van der Waals surface area contributed by atoms with E-state index in [0.29, 0.717) is 61.7 Å². The average Bonchev–Trinajstić information content (AvgIpc) is 4.03. The summed E-state index contributed by atoms with van der Waals surface area (Å²) in [6, 6.07) is 4.82. The average molecular weight is 751 g/mol. The molecule has 3 aliphatic carbocycles. The van der Waals surface area contributed by atoms with Crippen molar-refractivity contribution in [3.63, 3.8) is 0 Å². The number of nitrogens with zero attached hydrogens (tertiary/aromatic N) is 3. The molecule has 2 aromatic carbocycles. The summed E-state index contributed by atoms with van der Waals surface area (Å²) in [5, 5.41) is 0.859. The van der Waals surface area contributed by atoms with Crippen LogP contribution in [0.25, 0.3) is 11.0 Å². The van der Waals surface area contributed by atoms with Gasteiger partial charge in [-0.05, 0) is 108 Å². The van der Waals surface area contributed by atoms with Crippen LogP contribution >= 0.6 is 0 Å². The third-order valence-corrected chi connectivity index (χ3v) is 14.6. The van der Waals surface area contributed by atoms with Crippen LogP contribution in [0.3, 0.4) is 0 Å². The minimum absolute atomic E-state index is 0.0789. The highest BCUT2D eigenvalue weighted by atomic mass is 32.2. The molecule has 0 bridgehead atoms. The number of aryl methyl sites for hydroxylation is 2. The summed E-state index contributed by atoms with van der Waals surface area (Å²) in [7, 11) is -0.207. The van der Waals surface area contributed by atoms with Crippen molar-refractivity contribution in [3.8, 4) is 5.75 Å². The normalized spacial score (nSPS) is 24.9. The molecular weight excluding hydrogens is 704 g/mol. The third kappa shape index (κ3) is 6.29. The number of anilines is 1. The van der Waals surface area contributed by atoms with Crippen molar-refractivity contribution in [2.45, 2.75) is 82.7 Å². The second-order valence-corrected chi connectivity index (χ2v) is 18.3. The number of methoxy groups -OCH3 is 1. The van der Waals surface area contributed by atoms with Crippen LogP contribution in [0.15, 0.2) is 27.4 Å². The fourth-order valence-corrected chi connectivity index (χ4v) is 9.88. The number of rotatable bonds is 9. The summed E-state index contributed by atoms with van der Waals surface area (Å²) in [5.41, 5.74) is 3.43. The molecule has 4 fully saturated rings. The Bertz CT molecular complexity index is 2190. The van der Waals surface area contributed by atoms with Crippen molar-refractivity contribution in [3.05, 3.63) is 67.8 Å². The van der Waals surface area contributed by atoms with E-state index in [0.717, 1.165) is 53.8 Å². The largest absolute Gasteiger partial charge is 0.486 e. The predicted molar refractivity (Wildman–Crippen MR) is 197 cm³/mol. The highest BCUT2D eigenvalue weighted by Gasteiger charge is 2.51. The number of sulfonamides is 1. The monoisotopic (exact) mass is 750 g/mol. The molecule has 2 amide bonds. The molecule has 12 nitrogen and oxygen atoms in total. The SMILES string of the molecule is COC[C@H]1CN(c2cc(C)c3c4c(c(=O)oc3c2C)CN(C(=O)c2ccc(C(=O)NS(=O)(=O)C3(C)CC3)c(OC3C[C@@H]5C[C@@H]5C3)c2F)CC4)CCN1C. The molecule has 1 N–H and O–H groups in total. The van der Waals surface area contributed by atoms with Gasteiger partial charge in [-0.1, -0.05) is 0 Å². The number of benzene rings is 2. The van der Waals surface area contributed by atoms with Crippen LogP contribution in [-0.4, -0.2) is 93.9 Å². The number of halogens is 1. The Kier molecular flexibility index (Phi) is 8.89. The van der Waals surface area contributed by atoms with Crippen molar-refractivity contribution in [2.24, 2.45) is 11.8 Å². The Labute approximate surface area is 308 Å². The van der Waals surface area contributed by atoms with E-state index >= 15 is 4.39 Å². The first kappa shape index (κ1) is 36.0. The molecule has 3 aromatic rings. The molecule has 0 spiro atoms. The van der Waals surface area contributed by atoms with Gasteiger partial charge in [-0.15, -0.1) is 0 Å². The fraction of sp³-hybridized carbons (Fsp3) is 0.564. The van der Waals surface area contributed by atoms with E-state index in [2.05, 4.69) is 27.6 Å². The first-order valence-corrected chi connectivity index (χ1v) is 20.1. The Morgan fingerprint density at radius 3 is 2.47 bits per heavy atom. The molecule has 53 heavy (non-hydrogen) atoms. The van der Waals surface area contributed by atoms with E-state index < -0.39 is 43.8 Å². The van der Waals surface area contributed by atoms with Crippen LogP contribution in [0.4, 0.5) is 10.1 Å². The minimum atomic E-state index is -4.00. The van der Waals surface area contributed by atoms with Gasteiger partial charge in [0.25, 0.3) is 11.8 Å². The second kappa shape index (κ2) is 13.1. The first-order valence-electron chi connectivity index (χ1n) is 18.6. The van der Waals surface area contributed by atoms with Gasteiger partial charge in [-0.25, -0.2) is 22.3 Å². The van der Waals surface area contributed by atoms with Crippen LogP contribution in [0.1, 0.15) is 82.0 Å². The van der Waals surface area contributed by atoms with Gasteiger partial charge >= 0.3 is 5.63 Å². The summed E-state index contributed by atoms with van der Waals surface area (Å²) >= 11 is 0. The zero-order valence-corrected chi connectivity index (χ0v) is 31.7. The highest BCUT2D eigenvalue weighted by molar-refractivity contribution is 7.91. The number of amides is 2. The summed E-state index contributed by atoms with van der Waals surface area (Å²) in [6.45, 7) is 8.76. The van der Waals surface area contributed by atoms with Crippen molar-refractivity contribution in [1.29, 1.82) is 0 Å². The van der Waals surface area contributed by atoms with E-state index in [1.54, 1.807) is 14.0 Å². The van der Waals surface area contributed by atoms with Crippen molar-refractivity contribution >= 4 is 38.5 Å². The number of carbonyl (C=O) groups excluding carboxylic acids is 2. The zero-order chi connectivity index (χ0) is 37.6. The molecule has 2 aliphatic heterocycles. The van der Waals surface area contributed by atoms with Crippen molar-refractivity contribution in [2.75, 3.05) is 51.8 Å². The molecular formula is C39H47FN4O8S. The van der Waals surface area contributed by atoms with Crippen LogP contribution < -0.4 is 20.0 Å². The van der Waals surface area contributed by atoms with Gasteiger partial charge in [0.05, 0.1) is 46.7 Å². The molecule has 14 heteroatoms. The van der Waals surface area contributed by atoms with Gasteiger partial charge in [-0.2, -0.15) is 0 Å². The van der Waals surface area contributed by atoms with E-state index in [-0.39, 0.29) is 36.4 Å². The smallest absolute Gasteiger partial charge is 0.341 e. The maximum Gasteiger partial charge on any atom is 0.341 e. The Balaban J connectivity index is 1.08. The quantitative estimate of drug-likeness (QED) is 0.315. The number of piperazine rings is 1. The molecule has 3 heterocycles.